The number of benzene rings is 3. The van der Waals surface area contributed by atoms with Crippen molar-refractivity contribution < 1.29 is 30.0 Å². The molecule has 1 N–H and O–H groups in total. The number of aryl methyl sites for hydroxylation is 1. The smallest absolute Gasteiger partial charge is 0.164 e. The van der Waals surface area contributed by atoms with Gasteiger partial charge in [-0.3, -0.25) is 9.78 Å². The van der Waals surface area contributed by atoms with Crippen LogP contribution < -0.4 is 0 Å². The van der Waals surface area contributed by atoms with E-state index in [2.05, 4.69) is 108 Å². The average molecular weight is 951 g/mol. The molecule has 0 unspecified atom stereocenters. The number of hydrogen-bond acceptors (Lipinski definition) is 5. The van der Waals surface area contributed by atoms with E-state index in [0.717, 1.165) is 48.7 Å². The van der Waals surface area contributed by atoms with Crippen LogP contribution in [-0.2, 0) is 36.7 Å². The molecule has 0 fully saturated rings. The second-order valence-corrected chi connectivity index (χ2v) is 19.2. The van der Waals surface area contributed by atoms with E-state index in [9.17, 15) is 9.90 Å². The van der Waals surface area contributed by atoms with Crippen molar-refractivity contribution >= 4 is 59.4 Å². The first-order chi connectivity index (χ1) is 25.5. The first-order valence-corrected chi connectivity index (χ1v) is 21.4. The van der Waals surface area contributed by atoms with Crippen LogP contribution in [0.2, 0.25) is 0 Å². The van der Waals surface area contributed by atoms with Crippen LogP contribution in [0.25, 0.3) is 52.6 Å². The molecule has 0 aliphatic rings. The zero-order chi connectivity index (χ0) is 39.6. The summed E-state index contributed by atoms with van der Waals surface area (Å²) in [6, 6.07) is 26.1. The molecule has 0 aliphatic carbocycles. The van der Waals surface area contributed by atoms with Crippen molar-refractivity contribution in [3.8, 4) is 21.7 Å². The number of pyridine rings is 1. The van der Waals surface area contributed by atoms with Gasteiger partial charge in [-0.1, -0.05) is 111 Å². The van der Waals surface area contributed by atoms with E-state index in [1.807, 2.05) is 70.4 Å². The first-order valence-electron chi connectivity index (χ1n) is 19.8. The van der Waals surface area contributed by atoms with Crippen molar-refractivity contribution in [3.05, 3.63) is 101 Å². The van der Waals surface area contributed by atoms with Crippen molar-refractivity contribution in [1.29, 1.82) is 0 Å². The Kier molecular flexibility index (Phi) is 14.6. The Morgan fingerprint density at radius 1 is 0.818 bits per heavy atom. The van der Waals surface area contributed by atoms with Gasteiger partial charge in [-0.2, -0.15) is 0 Å². The fraction of sp³-hybridized carbons (Fsp3) is 0.429. The molecular weight excluding hydrogens is 891 g/mol. The van der Waals surface area contributed by atoms with Crippen LogP contribution >= 0.6 is 22.7 Å². The summed E-state index contributed by atoms with van der Waals surface area (Å²) in [7, 11) is 0. The van der Waals surface area contributed by atoms with Crippen LogP contribution in [0.15, 0.2) is 78.7 Å². The molecule has 0 atom stereocenters. The van der Waals surface area contributed by atoms with Crippen molar-refractivity contribution in [3.63, 3.8) is 0 Å². The Morgan fingerprint density at radius 2 is 1.45 bits per heavy atom. The zero-order valence-electron chi connectivity index (χ0n) is 35.0. The second kappa shape index (κ2) is 18.0. The molecule has 0 saturated heterocycles. The predicted octanol–water partition coefficient (Wildman–Crippen LogP) is 15.3. The molecule has 3 nitrogen and oxygen atoms in total. The van der Waals surface area contributed by atoms with Crippen molar-refractivity contribution in [2.45, 2.75) is 121 Å². The molecule has 0 amide bonds. The molecule has 0 saturated carbocycles. The molecule has 295 valence electrons. The number of fused-ring (bicyclic) bond motifs is 3. The third-order valence-electron chi connectivity index (χ3n) is 11.8. The number of aromatic nitrogens is 1. The molecule has 6 rings (SSSR count). The maximum Gasteiger partial charge on any atom is 0.164 e. The van der Waals surface area contributed by atoms with Gasteiger partial charge in [0, 0.05) is 68.1 Å². The predicted molar refractivity (Wildman–Crippen MR) is 237 cm³/mol. The van der Waals surface area contributed by atoms with Crippen molar-refractivity contribution in [2.24, 2.45) is 16.7 Å². The van der Waals surface area contributed by atoms with Crippen LogP contribution in [0.4, 0.5) is 0 Å². The number of carbonyl (C=O) groups is 1. The van der Waals surface area contributed by atoms with E-state index in [0.29, 0.717) is 5.92 Å². The summed E-state index contributed by atoms with van der Waals surface area (Å²) in [4.78, 5) is 19.9. The Hall–Kier alpha value is -3.15. The third kappa shape index (κ3) is 9.53. The molecular formula is C49H60IrNO2S2-. The number of aliphatic hydroxyl groups is 1. The summed E-state index contributed by atoms with van der Waals surface area (Å²) >= 11 is 3.81. The first kappa shape index (κ1) is 44.6. The minimum Gasteiger partial charge on any atom is -0.512 e. The van der Waals surface area contributed by atoms with Gasteiger partial charge in [0.1, 0.15) is 5.76 Å². The molecule has 0 bridgehead atoms. The van der Waals surface area contributed by atoms with Gasteiger partial charge in [0.15, 0.2) is 5.78 Å². The van der Waals surface area contributed by atoms with Crippen molar-refractivity contribution in [2.75, 3.05) is 0 Å². The maximum atomic E-state index is 12.2. The molecule has 0 spiro atoms. The number of rotatable bonds is 11. The van der Waals surface area contributed by atoms with Gasteiger partial charge in [-0.05, 0) is 96.5 Å². The maximum absolute atomic E-state index is 12.2. The fourth-order valence-electron chi connectivity index (χ4n) is 6.97. The molecule has 6 heteroatoms. The van der Waals surface area contributed by atoms with Crippen LogP contribution in [0.5, 0.6) is 0 Å². The third-order valence-corrected chi connectivity index (χ3v) is 14.2. The fourth-order valence-corrected chi connectivity index (χ4v) is 9.43. The van der Waals surface area contributed by atoms with Crippen LogP contribution in [0.1, 0.15) is 118 Å². The van der Waals surface area contributed by atoms with Gasteiger partial charge in [0.2, 0.25) is 0 Å². The van der Waals surface area contributed by atoms with Crippen LogP contribution in [-0.4, -0.2) is 15.9 Å². The second-order valence-electron chi connectivity index (χ2n) is 17.0. The molecule has 3 heterocycles. The average Bonchev–Trinajstić information content (AvgIpc) is 3.73. The number of nitrogens with zero attached hydrogens (tertiary/aromatic N) is 1. The summed E-state index contributed by atoms with van der Waals surface area (Å²) in [5, 5.41) is 15.2. The Balaban J connectivity index is 0.000000320. The van der Waals surface area contributed by atoms with Gasteiger partial charge >= 0.3 is 0 Å². The van der Waals surface area contributed by atoms with Crippen molar-refractivity contribution in [1.82, 2.24) is 4.98 Å². The van der Waals surface area contributed by atoms with Crippen LogP contribution in [0.3, 0.4) is 0 Å². The number of carbonyl (C=O) groups excluding carboxylic acids is 1. The Bertz CT molecular complexity index is 2290. The normalized spacial score (nSPS) is 12.6. The number of aliphatic hydroxyl groups excluding tert-OH is 1. The quantitative estimate of drug-likeness (QED) is 0.0800. The molecule has 6 aromatic rings. The van der Waals surface area contributed by atoms with E-state index < -0.39 is 0 Å². The molecule has 55 heavy (non-hydrogen) atoms. The minimum atomic E-state index is -0.337. The van der Waals surface area contributed by atoms with E-state index in [-0.39, 0.29) is 47.9 Å². The SMILES string of the molecule is CCC(C)(CC)C(=O)/C=C(\O)C(C)(CC)CC.Cc1c(CC(C)C)sc2ccc(-c3cc4c(-c5[c-]c6ccccc6c(C(C)(C)C)c5)nccc4s3)cc12.[Ir]. The number of allylic oxidation sites excluding steroid dienone is 2. The number of ketones is 1. The molecule has 3 aromatic heterocycles. The van der Waals surface area contributed by atoms with Crippen LogP contribution in [0, 0.1) is 29.7 Å². The zero-order valence-corrected chi connectivity index (χ0v) is 39.0. The van der Waals surface area contributed by atoms with Gasteiger partial charge in [0.05, 0.1) is 0 Å². The monoisotopic (exact) mass is 951 g/mol. The number of thiophene rings is 2. The Labute approximate surface area is 352 Å². The van der Waals surface area contributed by atoms with E-state index >= 15 is 0 Å². The van der Waals surface area contributed by atoms with Gasteiger partial charge in [-0.25, -0.2) is 0 Å². The van der Waals surface area contributed by atoms with Gasteiger partial charge in [0.25, 0.3) is 0 Å². The minimum absolute atomic E-state index is 0. The standard InChI is InChI=1S/C34H32NS2.C15H28O2.Ir/c1-20(2)15-31-21(3)26-17-23(11-12-29(26)36-31)32-19-27-30(37-32)13-14-35-33(27)24-16-22-9-7-8-10-25(22)28(18-24)34(4,5)6;1-7-14(5,8-2)12(16)11-13(17)15(6,9-3)10-4;/h7-14,17-20H,15H2,1-6H3;11,16H,7-10H2,1-6H3;/q-1;;/b;12-11-;. The molecule has 0 aliphatic heterocycles. The molecule has 1 radical (unpaired) electrons. The Morgan fingerprint density at radius 3 is 2.07 bits per heavy atom. The number of hydrogen-bond donors (Lipinski definition) is 1. The topological polar surface area (TPSA) is 50.2 Å². The van der Waals surface area contributed by atoms with E-state index in [1.165, 1.54) is 58.1 Å². The molecule has 3 aromatic carbocycles. The van der Waals surface area contributed by atoms with Gasteiger partial charge in [-0.15, -0.1) is 51.8 Å². The largest absolute Gasteiger partial charge is 0.512 e. The summed E-state index contributed by atoms with van der Waals surface area (Å²) in [6.07, 6.45) is 7.85. The summed E-state index contributed by atoms with van der Waals surface area (Å²) in [5.74, 6) is 0.958. The van der Waals surface area contributed by atoms with E-state index in [4.69, 9.17) is 4.98 Å². The summed E-state index contributed by atoms with van der Waals surface area (Å²) < 4.78 is 2.65. The summed E-state index contributed by atoms with van der Waals surface area (Å²) in [6.45, 7) is 25.8. The van der Waals surface area contributed by atoms with Gasteiger partial charge < -0.3 is 5.11 Å². The van der Waals surface area contributed by atoms with E-state index in [1.54, 1.807) is 0 Å². The summed E-state index contributed by atoms with van der Waals surface area (Å²) in [5.41, 5.74) is 5.58.